The van der Waals surface area contributed by atoms with Crippen LogP contribution in [0.2, 0.25) is 0 Å². The van der Waals surface area contributed by atoms with Crippen molar-refractivity contribution < 1.29 is 9.53 Å². The average molecular weight is 374 g/mol. The molecule has 2 aromatic rings. The molecular formula is C20H31N5O2. The van der Waals surface area contributed by atoms with E-state index in [0.717, 1.165) is 53.7 Å². The van der Waals surface area contributed by atoms with E-state index in [1.165, 1.54) is 0 Å². The topological polar surface area (TPSA) is 86.3 Å². The number of fused-ring (bicyclic) bond motifs is 1. The molecule has 2 unspecified atom stereocenters. The Hall–Kier alpha value is -2.15. The van der Waals surface area contributed by atoms with E-state index in [1.807, 2.05) is 25.8 Å². The third kappa shape index (κ3) is 3.65. The Morgan fingerprint density at radius 3 is 2.78 bits per heavy atom. The molecule has 1 aliphatic heterocycles. The fourth-order valence-electron chi connectivity index (χ4n) is 4.30. The van der Waals surface area contributed by atoms with Crippen molar-refractivity contribution in [3.05, 3.63) is 16.8 Å². The Labute approximate surface area is 160 Å². The summed E-state index contributed by atoms with van der Waals surface area (Å²) >= 11 is 0. The number of methoxy groups -OCH3 is 1. The SMILES string of the molecule is COc1nn(C)c2nc(C)c(CCC(=O)N3CCCCC3C(C)N)c(C)c12. The second-order valence-corrected chi connectivity index (χ2v) is 7.64. The molecule has 3 heterocycles. The lowest BCUT2D eigenvalue weighted by Crippen LogP contribution is -2.51. The number of carbonyl (C=O) groups is 1. The molecule has 148 valence electrons. The van der Waals surface area contributed by atoms with Gasteiger partial charge in [0.25, 0.3) is 0 Å². The van der Waals surface area contributed by atoms with Crippen molar-refractivity contribution in [3.63, 3.8) is 0 Å². The van der Waals surface area contributed by atoms with Crippen molar-refractivity contribution in [1.29, 1.82) is 0 Å². The summed E-state index contributed by atoms with van der Waals surface area (Å²) in [7, 11) is 3.49. The Morgan fingerprint density at radius 2 is 2.11 bits per heavy atom. The van der Waals surface area contributed by atoms with E-state index >= 15 is 0 Å². The van der Waals surface area contributed by atoms with E-state index < -0.39 is 0 Å². The zero-order valence-electron chi connectivity index (χ0n) is 17.1. The molecule has 7 nitrogen and oxygen atoms in total. The molecule has 0 bridgehead atoms. The highest BCUT2D eigenvalue weighted by Gasteiger charge is 2.29. The molecule has 3 rings (SSSR count). The summed E-state index contributed by atoms with van der Waals surface area (Å²) in [6.07, 6.45) is 4.35. The van der Waals surface area contributed by atoms with E-state index in [1.54, 1.807) is 11.8 Å². The van der Waals surface area contributed by atoms with Crippen LogP contribution in [0.3, 0.4) is 0 Å². The minimum absolute atomic E-state index is 0.00962. The Morgan fingerprint density at radius 1 is 1.37 bits per heavy atom. The number of hydrogen-bond donors (Lipinski definition) is 1. The number of hydrogen-bond acceptors (Lipinski definition) is 5. The molecule has 0 spiro atoms. The predicted octanol–water partition coefficient (Wildman–Crippen LogP) is 2.25. The van der Waals surface area contributed by atoms with Crippen LogP contribution in [0.15, 0.2) is 0 Å². The highest BCUT2D eigenvalue weighted by molar-refractivity contribution is 5.86. The third-order valence-corrected chi connectivity index (χ3v) is 5.78. The van der Waals surface area contributed by atoms with Crippen LogP contribution in [0.1, 0.15) is 49.4 Å². The van der Waals surface area contributed by atoms with Crippen LogP contribution < -0.4 is 10.5 Å². The van der Waals surface area contributed by atoms with Gasteiger partial charge in [-0.3, -0.25) is 4.79 Å². The fourth-order valence-corrected chi connectivity index (χ4v) is 4.30. The lowest BCUT2D eigenvalue weighted by atomic mass is 9.95. The van der Waals surface area contributed by atoms with Crippen LogP contribution in [0, 0.1) is 13.8 Å². The highest BCUT2D eigenvalue weighted by atomic mass is 16.5. The van der Waals surface area contributed by atoms with Gasteiger partial charge in [0, 0.05) is 37.8 Å². The van der Waals surface area contributed by atoms with Gasteiger partial charge in [0.15, 0.2) is 5.65 Å². The van der Waals surface area contributed by atoms with Crippen molar-refractivity contribution in [3.8, 4) is 5.88 Å². The van der Waals surface area contributed by atoms with Crippen LogP contribution in [0.4, 0.5) is 0 Å². The maximum Gasteiger partial charge on any atom is 0.242 e. The monoisotopic (exact) mass is 373 g/mol. The van der Waals surface area contributed by atoms with Gasteiger partial charge in [-0.1, -0.05) is 0 Å². The highest BCUT2D eigenvalue weighted by Crippen LogP contribution is 2.30. The van der Waals surface area contributed by atoms with Gasteiger partial charge in [-0.05, 0) is 57.6 Å². The summed E-state index contributed by atoms with van der Waals surface area (Å²) in [6, 6.07) is 0.169. The standard InChI is InChI=1S/C20H31N5O2/c1-12-15(14(3)22-19-18(12)20(27-5)23-24(19)4)9-10-17(26)25-11-7-6-8-16(25)13(2)21/h13,16H,6-11,21H2,1-5H3. The number of amides is 1. The Kier molecular flexibility index (Phi) is 5.69. The molecule has 27 heavy (non-hydrogen) atoms. The normalized spacial score (nSPS) is 18.7. The first-order chi connectivity index (χ1) is 12.8. The predicted molar refractivity (Wildman–Crippen MR) is 106 cm³/mol. The van der Waals surface area contributed by atoms with Crippen molar-refractivity contribution in [1.82, 2.24) is 19.7 Å². The number of carbonyl (C=O) groups excluding carboxylic acids is 1. The number of pyridine rings is 1. The minimum atomic E-state index is 0.00962. The van der Waals surface area contributed by atoms with Crippen LogP contribution in [-0.2, 0) is 18.3 Å². The molecule has 0 radical (unpaired) electrons. The number of aromatic nitrogens is 3. The Balaban J connectivity index is 1.83. The first kappa shape index (κ1) is 19.6. The summed E-state index contributed by atoms with van der Waals surface area (Å²) in [5.41, 5.74) is 10.1. The lowest BCUT2D eigenvalue weighted by Gasteiger charge is -2.38. The molecule has 1 fully saturated rings. The zero-order valence-corrected chi connectivity index (χ0v) is 17.1. The third-order valence-electron chi connectivity index (χ3n) is 5.78. The second-order valence-electron chi connectivity index (χ2n) is 7.64. The number of ether oxygens (including phenoxy) is 1. The van der Waals surface area contributed by atoms with E-state index in [-0.39, 0.29) is 18.0 Å². The van der Waals surface area contributed by atoms with Gasteiger partial charge in [0.1, 0.15) is 0 Å². The molecule has 7 heteroatoms. The van der Waals surface area contributed by atoms with Crippen LogP contribution in [-0.4, -0.2) is 51.3 Å². The summed E-state index contributed by atoms with van der Waals surface area (Å²) < 4.78 is 7.16. The number of likely N-dealkylation sites (tertiary alicyclic amines) is 1. The van der Waals surface area contributed by atoms with Crippen LogP contribution in [0.5, 0.6) is 5.88 Å². The van der Waals surface area contributed by atoms with Crippen molar-refractivity contribution in [2.24, 2.45) is 12.8 Å². The number of nitrogens with two attached hydrogens (primary N) is 1. The maximum absolute atomic E-state index is 12.9. The Bertz CT molecular complexity index is 843. The average Bonchev–Trinajstić information content (AvgIpc) is 2.97. The minimum Gasteiger partial charge on any atom is -0.479 e. The molecule has 2 atom stereocenters. The quantitative estimate of drug-likeness (QED) is 0.869. The van der Waals surface area contributed by atoms with Gasteiger partial charge >= 0.3 is 0 Å². The molecule has 1 aliphatic rings. The van der Waals surface area contributed by atoms with Gasteiger partial charge in [0.05, 0.1) is 12.5 Å². The maximum atomic E-state index is 12.9. The first-order valence-electron chi connectivity index (χ1n) is 9.77. The smallest absolute Gasteiger partial charge is 0.242 e. The first-order valence-corrected chi connectivity index (χ1v) is 9.77. The molecule has 0 aliphatic carbocycles. The molecular weight excluding hydrogens is 342 g/mol. The number of piperidine rings is 1. The number of rotatable bonds is 5. The summed E-state index contributed by atoms with van der Waals surface area (Å²) in [5.74, 6) is 0.771. The van der Waals surface area contributed by atoms with Crippen molar-refractivity contribution in [2.45, 2.75) is 65.0 Å². The molecule has 1 amide bonds. The van der Waals surface area contributed by atoms with Gasteiger partial charge in [-0.25, -0.2) is 9.67 Å². The zero-order chi connectivity index (χ0) is 19.7. The van der Waals surface area contributed by atoms with E-state index in [2.05, 4.69) is 12.0 Å². The van der Waals surface area contributed by atoms with Crippen molar-refractivity contribution in [2.75, 3.05) is 13.7 Å². The molecule has 2 aromatic heterocycles. The lowest BCUT2D eigenvalue weighted by molar-refractivity contribution is -0.135. The van der Waals surface area contributed by atoms with E-state index in [9.17, 15) is 4.79 Å². The summed E-state index contributed by atoms with van der Waals surface area (Å²) in [4.78, 5) is 19.6. The molecule has 0 aromatic carbocycles. The largest absolute Gasteiger partial charge is 0.479 e. The summed E-state index contributed by atoms with van der Waals surface area (Å²) in [6.45, 7) is 6.87. The number of aryl methyl sites for hydroxylation is 3. The van der Waals surface area contributed by atoms with Gasteiger partial charge < -0.3 is 15.4 Å². The fraction of sp³-hybridized carbons (Fsp3) is 0.650. The number of nitrogens with zero attached hydrogens (tertiary/aromatic N) is 4. The van der Waals surface area contributed by atoms with E-state index in [4.69, 9.17) is 15.5 Å². The molecule has 0 saturated carbocycles. The van der Waals surface area contributed by atoms with Gasteiger partial charge in [0.2, 0.25) is 11.8 Å². The van der Waals surface area contributed by atoms with Crippen LogP contribution >= 0.6 is 0 Å². The van der Waals surface area contributed by atoms with Gasteiger partial charge in [-0.2, -0.15) is 0 Å². The molecule has 1 saturated heterocycles. The van der Waals surface area contributed by atoms with Crippen LogP contribution in [0.25, 0.3) is 11.0 Å². The van der Waals surface area contributed by atoms with Crippen molar-refractivity contribution >= 4 is 16.9 Å². The second kappa shape index (κ2) is 7.84. The molecule has 2 N–H and O–H groups in total. The summed E-state index contributed by atoms with van der Waals surface area (Å²) in [5, 5.41) is 5.32. The van der Waals surface area contributed by atoms with Gasteiger partial charge in [-0.15, -0.1) is 5.10 Å². The van der Waals surface area contributed by atoms with E-state index in [0.29, 0.717) is 18.7 Å².